The van der Waals surface area contributed by atoms with E-state index in [1.54, 1.807) is 40.9 Å². The van der Waals surface area contributed by atoms with Gasteiger partial charge in [-0.05, 0) is 36.4 Å². The third-order valence-corrected chi connectivity index (χ3v) is 4.99. The van der Waals surface area contributed by atoms with Crippen molar-refractivity contribution >= 4 is 23.0 Å². The van der Waals surface area contributed by atoms with E-state index in [2.05, 4.69) is 28.5 Å². The fraction of sp³-hybridized carbons (Fsp3) is 0.389. The van der Waals surface area contributed by atoms with E-state index in [0.29, 0.717) is 12.1 Å². The number of pyridine rings is 1. The van der Waals surface area contributed by atoms with Crippen LogP contribution < -0.4 is 0 Å². The second-order valence-corrected chi connectivity index (χ2v) is 6.68. The Labute approximate surface area is 140 Å². The summed E-state index contributed by atoms with van der Waals surface area (Å²) in [7, 11) is 0. The van der Waals surface area contributed by atoms with Gasteiger partial charge in [0.1, 0.15) is 0 Å². The maximum atomic E-state index is 12.4. The van der Waals surface area contributed by atoms with E-state index in [4.69, 9.17) is 0 Å². The molecule has 2 aromatic rings. The molecule has 120 valence electrons. The van der Waals surface area contributed by atoms with E-state index in [0.717, 1.165) is 18.6 Å². The van der Waals surface area contributed by atoms with Crippen molar-refractivity contribution in [2.24, 2.45) is 5.10 Å². The van der Waals surface area contributed by atoms with Gasteiger partial charge in [0.15, 0.2) is 0 Å². The molecule has 0 aromatic carbocycles. The van der Waals surface area contributed by atoms with Crippen molar-refractivity contribution in [3.05, 3.63) is 52.0 Å². The molecule has 2 aromatic heterocycles. The fourth-order valence-electron chi connectivity index (χ4n) is 2.76. The average Bonchev–Trinajstić information content (AvgIpc) is 3.24. The lowest BCUT2D eigenvalue weighted by Crippen LogP contribution is -2.23. The molecule has 0 atom stereocenters. The molecule has 3 rings (SSSR count). The van der Waals surface area contributed by atoms with Crippen molar-refractivity contribution in [3.8, 4) is 0 Å². The van der Waals surface area contributed by atoms with Gasteiger partial charge in [0.25, 0.3) is 5.91 Å². The van der Waals surface area contributed by atoms with Gasteiger partial charge in [-0.1, -0.05) is 19.8 Å². The van der Waals surface area contributed by atoms with Crippen molar-refractivity contribution < 1.29 is 4.79 Å². The molecule has 0 unspecified atom stereocenters. The first-order valence-electron chi connectivity index (χ1n) is 8.15. The number of rotatable bonds is 6. The molecule has 3 heterocycles. The van der Waals surface area contributed by atoms with Crippen molar-refractivity contribution in [2.75, 3.05) is 6.54 Å². The number of hydrogen-bond acceptors (Lipinski definition) is 4. The van der Waals surface area contributed by atoms with Gasteiger partial charge in [0.2, 0.25) is 0 Å². The van der Waals surface area contributed by atoms with Crippen LogP contribution in [-0.4, -0.2) is 28.2 Å². The average molecular weight is 327 g/mol. The predicted molar refractivity (Wildman–Crippen MR) is 94.0 cm³/mol. The minimum atomic E-state index is -0.0733. The van der Waals surface area contributed by atoms with Gasteiger partial charge in [-0.15, -0.1) is 11.3 Å². The number of aromatic nitrogens is 1. The summed E-state index contributed by atoms with van der Waals surface area (Å²) in [5.74, 6) is -0.0733. The molecule has 0 fully saturated rings. The molecule has 0 saturated heterocycles. The standard InChI is InChI=1S/C18H21N3OS/c1-2-3-4-7-17-15(9-12-23-17)16-8-11-21(20-16)18(22)14-6-5-10-19-13-14/h5-6,9-10,12-13H,2-4,7-8,11H2,1H3. The molecule has 1 amide bonds. The molecule has 1 aliphatic rings. The van der Waals surface area contributed by atoms with Crippen LogP contribution in [0.3, 0.4) is 0 Å². The molecule has 0 bridgehead atoms. The maximum Gasteiger partial charge on any atom is 0.275 e. The van der Waals surface area contributed by atoms with Crippen LogP contribution in [0.5, 0.6) is 0 Å². The van der Waals surface area contributed by atoms with Crippen LogP contribution in [0, 0.1) is 0 Å². The minimum Gasteiger partial charge on any atom is -0.267 e. The molecule has 23 heavy (non-hydrogen) atoms. The smallest absolute Gasteiger partial charge is 0.267 e. The second-order valence-electron chi connectivity index (χ2n) is 5.68. The lowest BCUT2D eigenvalue weighted by Gasteiger charge is -2.10. The topological polar surface area (TPSA) is 45.6 Å². The van der Waals surface area contributed by atoms with E-state index in [-0.39, 0.29) is 5.91 Å². The highest BCUT2D eigenvalue weighted by Crippen LogP contribution is 2.24. The lowest BCUT2D eigenvalue weighted by atomic mass is 10.1. The van der Waals surface area contributed by atoms with Crippen molar-refractivity contribution in [2.45, 2.75) is 39.0 Å². The summed E-state index contributed by atoms with van der Waals surface area (Å²) in [6.07, 6.45) is 8.90. The van der Waals surface area contributed by atoms with Crippen LogP contribution >= 0.6 is 11.3 Å². The first-order chi connectivity index (χ1) is 11.3. The fourth-order valence-corrected chi connectivity index (χ4v) is 3.70. The van der Waals surface area contributed by atoms with E-state index < -0.39 is 0 Å². The number of thiophene rings is 1. The van der Waals surface area contributed by atoms with Gasteiger partial charge in [0, 0.05) is 29.3 Å². The third kappa shape index (κ3) is 3.67. The zero-order chi connectivity index (χ0) is 16.1. The van der Waals surface area contributed by atoms with E-state index in [9.17, 15) is 4.79 Å². The van der Waals surface area contributed by atoms with Crippen molar-refractivity contribution in [1.29, 1.82) is 0 Å². The molecule has 1 aliphatic heterocycles. The normalized spacial score (nSPS) is 14.1. The zero-order valence-electron chi connectivity index (χ0n) is 13.4. The summed E-state index contributed by atoms with van der Waals surface area (Å²) in [6, 6.07) is 5.70. The third-order valence-electron chi connectivity index (χ3n) is 4.01. The van der Waals surface area contributed by atoms with Gasteiger partial charge < -0.3 is 0 Å². The molecule has 0 radical (unpaired) electrons. The Morgan fingerprint density at radius 1 is 1.35 bits per heavy atom. The highest BCUT2D eigenvalue weighted by Gasteiger charge is 2.24. The van der Waals surface area contributed by atoms with Crippen LogP contribution in [0.25, 0.3) is 0 Å². The van der Waals surface area contributed by atoms with Crippen LogP contribution in [0.1, 0.15) is 53.4 Å². The van der Waals surface area contributed by atoms with Crippen molar-refractivity contribution in [3.63, 3.8) is 0 Å². The van der Waals surface area contributed by atoms with E-state index in [1.807, 2.05) is 0 Å². The Morgan fingerprint density at radius 3 is 3.04 bits per heavy atom. The molecule has 4 nitrogen and oxygen atoms in total. The number of carbonyl (C=O) groups is 1. The van der Waals surface area contributed by atoms with Gasteiger partial charge >= 0.3 is 0 Å². The van der Waals surface area contributed by atoms with E-state index >= 15 is 0 Å². The first-order valence-corrected chi connectivity index (χ1v) is 9.03. The van der Waals surface area contributed by atoms with Gasteiger partial charge in [-0.2, -0.15) is 5.10 Å². The molecule has 0 saturated carbocycles. The predicted octanol–water partition coefficient (Wildman–Crippen LogP) is 4.13. The Balaban J connectivity index is 1.73. The minimum absolute atomic E-state index is 0.0733. The van der Waals surface area contributed by atoms with Crippen LogP contribution in [-0.2, 0) is 6.42 Å². The van der Waals surface area contributed by atoms with Gasteiger partial charge in [-0.25, -0.2) is 5.01 Å². The quantitative estimate of drug-likeness (QED) is 0.749. The summed E-state index contributed by atoms with van der Waals surface area (Å²) in [5, 5.41) is 8.27. The Bertz CT molecular complexity index is 693. The summed E-state index contributed by atoms with van der Waals surface area (Å²) in [5.41, 5.74) is 2.86. The largest absolute Gasteiger partial charge is 0.275 e. The number of nitrogens with zero attached hydrogens (tertiary/aromatic N) is 3. The SMILES string of the molecule is CCCCCc1sccc1C1=NN(C(=O)c2cccnc2)CC1. The van der Waals surface area contributed by atoms with Crippen molar-refractivity contribution in [1.82, 2.24) is 9.99 Å². The Morgan fingerprint density at radius 2 is 2.26 bits per heavy atom. The molecule has 0 spiro atoms. The number of aryl methyl sites for hydroxylation is 1. The van der Waals surface area contributed by atoms with E-state index in [1.165, 1.54) is 29.7 Å². The number of hydrogen-bond donors (Lipinski definition) is 0. The van der Waals surface area contributed by atoms with Crippen LogP contribution in [0.4, 0.5) is 0 Å². The molecular formula is C18H21N3OS. The zero-order valence-corrected chi connectivity index (χ0v) is 14.2. The number of amides is 1. The molecular weight excluding hydrogens is 306 g/mol. The molecule has 0 aliphatic carbocycles. The maximum absolute atomic E-state index is 12.4. The summed E-state index contributed by atoms with van der Waals surface area (Å²) in [4.78, 5) is 17.8. The van der Waals surface area contributed by atoms with Gasteiger partial charge in [0.05, 0.1) is 17.8 Å². The summed E-state index contributed by atoms with van der Waals surface area (Å²) in [6.45, 7) is 2.87. The monoisotopic (exact) mass is 327 g/mol. The summed E-state index contributed by atoms with van der Waals surface area (Å²) >= 11 is 1.80. The number of carbonyl (C=O) groups excluding carboxylic acids is 1. The van der Waals surface area contributed by atoms with Crippen LogP contribution in [0.2, 0.25) is 0 Å². The highest BCUT2D eigenvalue weighted by molar-refractivity contribution is 7.10. The van der Waals surface area contributed by atoms with Crippen LogP contribution in [0.15, 0.2) is 41.1 Å². The number of unbranched alkanes of at least 4 members (excludes halogenated alkanes) is 2. The molecule has 5 heteroatoms. The first kappa shape index (κ1) is 15.9. The number of hydrazone groups is 1. The lowest BCUT2D eigenvalue weighted by molar-refractivity contribution is 0.0778. The van der Waals surface area contributed by atoms with Gasteiger partial charge in [-0.3, -0.25) is 9.78 Å². The summed E-state index contributed by atoms with van der Waals surface area (Å²) < 4.78 is 0. The Hall–Kier alpha value is -2.01. The second kappa shape index (κ2) is 7.51. The highest BCUT2D eigenvalue weighted by atomic mass is 32.1. The molecule has 0 N–H and O–H groups in total. The Kier molecular flexibility index (Phi) is 5.18.